The van der Waals surface area contributed by atoms with Crippen LogP contribution in [0.15, 0.2) is 51.4 Å². The fraction of sp³-hybridized carbons (Fsp3) is 0.105. The molecule has 1 amide bonds. The van der Waals surface area contributed by atoms with E-state index >= 15 is 0 Å². The summed E-state index contributed by atoms with van der Waals surface area (Å²) < 4.78 is 6.55. The lowest BCUT2D eigenvalue weighted by atomic mass is 10.1. The van der Waals surface area contributed by atoms with Crippen molar-refractivity contribution in [1.29, 1.82) is 0 Å². The molecule has 128 valence electrons. The zero-order valence-electron chi connectivity index (χ0n) is 13.7. The number of aryl methyl sites for hydroxylation is 2. The highest BCUT2D eigenvalue weighted by Gasteiger charge is 2.16. The Labute approximate surface area is 159 Å². The predicted molar refractivity (Wildman–Crippen MR) is 105 cm³/mol. The molecule has 0 bridgehead atoms. The van der Waals surface area contributed by atoms with Gasteiger partial charge in [-0.1, -0.05) is 33.6 Å². The molecule has 0 radical (unpaired) electrons. The zero-order chi connectivity index (χ0) is 18.1. The van der Waals surface area contributed by atoms with Crippen molar-refractivity contribution in [2.24, 2.45) is 0 Å². The summed E-state index contributed by atoms with van der Waals surface area (Å²) in [6.45, 7) is 3.85. The van der Waals surface area contributed by atoms with Gasteiger partial charge in [0.15, 0.2) is 5.76 Å². The number of amides is 1. The Balaban J connectivity index is 1.86. The molecular formula is C19H16BrClN2O2. The van der Waals surface area contributed by atoms with Crippen molar-refractivity contribution < 1.29 is 9.21 Å². The van der Waals surface area contributed by atoms with E-state index in [-0.39, 0.29) is 11.7 Å². The van der Waals surface area contributed by atoms with Crippen molar-refractivity contribution in [1.82, 2.24) is 0 Å². The first-order valence-corrected chi connectivity index (χ1v) is 8.75. The molecule has 0 aliphatic carbocycles. The first kappa shape index (κ1) is 17.6. The summed E-state index contributed by atoms with van der Waals surface area (Å²) >= 11 is 9.59. The quantitative estimate of drug-likeness (QED) is 0.526. The number of anilines is 2. The lowest BCUT2D eigenvalue weighted by Gasteiger charge is -2.11. The van der Waals surface area contributed by atoms with Crippen LogP contribution in [0.4, 0.5) is 11.4 Å². The second kappa shape index (κ2) is 6.94. The van der Waals surface area contributed by atoms with E-state index in [1.165, 1.54) is 0 Å². The predicted octanol–water partition coefficient (Wildman–Crippen LogP) is 5.81. The summed E-state index contributed by atoms with van der Waals surface area (Å²) in [5.41, 5.74) is 9.78. The fourth-order valence-electron chi connectivity index (χ4n) is 2.64. The molecule has 6 heteroatoms. The van der Waals surface area contributed by atoms with Crippen LogP contribution < -0.4 is 11.1 Å². The molecule has 0 unspecified atom stereocenters. The van der Waals surface area contributed by atoms with Gasteiger partial charge < -0.3 is 15.5 Å². The minimum absolute atomic E-state index is 0.188. The minimum atomic E-state index is -0.363. The molecule has 3 N–H and O–H groups in total. The summed E-state index contributed by atoms with van der Waals surface area (Å²) in [5, 5.41) is 3.35. The Hall–Kier alpha value is -2.24. The van der Waals surface area contributed by atoms with E-state index in [4.69, 9.17) is 21.8 Å². The van der Waals surface area contributed by atoms with Crippen molar-refractivity contribution in [3.8, 4) is 11.3 Å². The molecule has 0 atom stereocenters. The number of nitrogens with one attached hydrogen (secondary N) is 1. The van der Waals surface area contributed by atoms with E-state index in [0.29, 0.717) is 22.2 Å². The van der Waals surface area contributed by atoms with Gasteiger partial charge in [-0.05, 0) is 61.4 Å². The largest absolute Gasteiger partial charge is 0.451 e. The monoisotopic (exact) mass is 418 g/mol. The summed E-state index contributed by atoms with van der Waals surface area (Å²) in [5.74, 6) is 0.350. The van der Waals surface area contributed by atoms with Crippen LogP contribution in [0.25, 0.3) is 11.3 Å². The molecular weight excluding hydrogens is 404 g/mol. The van der Waals surface area contributed by atoms with Crippen LogP contribution in [-0.2, 0) is 0 Å². The molecule has 0 saturated heterocycles. The van der Waals surface area contributed by atoms with Gasteiger partial charge in [0.2, 0.25) is 0 Å². The highest BCUT2D eigenvalue weighted by atomic mass is 79.9. The average Bonchev–Trinajstić information content (AvgIpc) is 3.00. The van der Waals surface area contributed by atoms with Crippen LogP contribution in [-0.4, -0.2) is 5.91 Å². The Morgan fingerprint density at radius 1 is 1.16 bits per heavy atom. The Kier molecular flexibility index (Phi) is 4.88. The van der Waals surface area contributed by atoms with Gasteiger partial charge in [-0.25, -0.2) is 0 Å². The van der Waals surface area contributed by atoms with Crippen LogP contribution in [0.1, 0.15) is 21.7 Å². The number of benzene rings is 2. The number of nitrogen functional groups attached to an aromatic ring is 1. The van der Waals surface area contributed by atoms with Gasteiger partial charge in [0.25, 0.3) is 5.91 Å². The highest BCUT2D eigenvalue weighted by Crippen LogP contribution is 2.32. The average molecular weight is 420 g/mol. The van der Waals surface area contributed by atoms with E-state index in [1.807, 2.05) is 38.1 Å². The van der Waals surface area contributed by atoms with E-state index in [0.717, 1.165) is 21.2 Å². The summed E-state index contributed by atoms with van der Waals surface area (Å²) in [6, 6.07) is 12.6. The standard InChI is InChI=1S/C19H16BrClN2O2/c1-10-7-11(2)18(15(22)8-10)23-19(24)17-6-5-16(25-17)13-4-3-12(20)9-14(13)21/h3-9H,22H2,1-2H3,(H,23,24). The Bertz CT molecular complexity index is 943. The van der Waals surface area contributed by atoms with Gasteiger partial charge >= 0.3 is 0 Å². The van der Waals surface area contributed by atoms with Gasteiger partial charge in [-0.2, -0.15) is 0 Å². The normalized spacial score (nSPS) is 10.7. The van der Waals surface area contributed by atoms with Gasteiger partial charge in [-0.15, -0.1) is 0 Å². The molecule has 4 nitrogen and oxygen atoms in total. The van der Waals surface area contributed by atoms with Crippen LogP contribution in [0.5, 0.6) is 0 Å². The van der Waals surface area contributed by atoms with E-state index in [2.05, 4.69) is 21.2 Å². The molecule has 1 heterocycles. The van der Waals surface area contributed by atoms with Crippen molar-refractivity contribution in [2.75, 3.05) is 11.1 Å². The minimum Gasteiger partial charge on any atom is -0.451 e. The van der Waals surface area contributed by atoms with Gasteiger partial charge in [0.05, 0.1) is 16.4 Å². The molecule has 0 aliphatic rings. The number of halogens is 2. The van der Waals surface area contributed by atoms with Crippen molar-refractivity contribution in [3.05, 3.63) is 68.8 Å². The zero-order valence-corrected chi connectivity index (χ0v) is 16.0. The maximum Gasteiger partial charge on any atom is 0.291 e. The third-order valence-electron chi connectivity index (χ3n) is 3.78. The van der Waals surface area contributed by atoms with Crippen LogP contribution in [0.3, 0.4) is 0 Å². The summed E-state index contributed by atoms with van der Waals surface area (Å²) in [6.07, 6.45) is 0. The Morgan fingerprint density at radius 2 is 1.92 bits per heavy atom. The molecule has 0 spiro atoms. The molecule has 0 fully saturated rings. The van der Waals surface area contributed by atoms with Gasteiger partial charge in [0, 0.05) is 10.0 Å². The van der Waals surface area contributed by atoms with E-state index in [9.17, 15) is 4.79 Å². The number of carbonyl (C=O) groups excluding carboxylic acids is 1. The highest BCUT2D eigenvalue weighted by molar-refractivity contribution is 9.10. The van der Waals surface area contributed by atoms with Gasteiger partial charge in [0.1, 0.15) is 5.76 Å². The number of nitrogens with two attached hydrogens (primary N) is 1. The molecule has 3 rings (SSSR count). The Morgan fingerprint density at radius 3 is 2.60 bits per heavy atom. The second-order valence-electron chi connectivity index (χ2n) is 5.79. The number of hydrogen-bond acceptors (Lipinski definition) is 3. The molecule has 1 aromatic heterocycles. The maximum absolute atomic E-state index is 12.5. The molecule has 2 aromatic carbocycles. The van der Waals surface area contributed by atoms with Crippen molar-refractivity contribution >= 4 is 44.8 Å². The van der Waals surface area contributed by atoms with Crippen LogP contribution in [0, 0.1) is 13.8 Å². The number of furan rings is 1. The molecule has 3 aromatic rings. The summed E-state index contributed by atoms with van der Waals surface area (Å²) in [7, 11) is 0. The number of carbonyl (C=O) groups is 1. The SMILES string of the molecule is Cc1cc(C)c(NC(=O)c2ccc(-c3ccc(Br)cc3Cl)o2)c(N)c1. The first-order valence-electron chi connectivity index (χ1n) is 7.58. The lowest BCUT2D eigenvalue weighted by molar-refractivity contribution is 0.0997. The molecule has 0 aliphatic heterocycles. The smallest absolute Gasteiger partial charge is 0.291 e. The van der Waals surface area contributed by atoms with Crippen LogP contribution >= 0.6 is 27.5 Å². The third-order valence-corrected chi connectivity index (χ3v) is 4.58. The summed E-state index contributed by atoms with van der Waals surface area (Å²) in [4.78, 5) is 12.5. The van der Waals surface area contributed by atoms with E-state index in [1.54, 1.807) is 18.2 Å². The lowest BCUT2D eigenvalue weighted by Crippen LogP contribution is -2.13. The maximum atomic E-state index is 12.5. The topological polar surface area (TPSA) is 68.3 Å². The first-order chi connectivity index (χ1) is 11.8. The van der Waals surface area contributed by atoms with Gasteiger partial charge in [-0.3, -0.25) is 4.79 Å². The molecule has 0 saturated carbocycles. The van der Waals surface area contributed by atoms with Crippen molar-refractivity contribution in [2.45, 2.75) is 13.8 Å². The van der Waals surface area contributed by atoms with Crippen LogP contribution in [0.2, 0.25) is 5.02 Å². The third kappa shape index (κ3) is 3.72. The fourth-order valence-corrected chi connectivity index (χ4v) is 3.41. The number of rotatable bonds is 3. The number of hydrogen-bond donors (Lipinski definition) is 2. The van der Waals surface area contributed by atoms with Crippen molar-refractivity contribution in [3.63, 3.8) is 0 Å². The second-order valence-corrected chi connectivity index (χ2v) is 7.11. The molecule has 25 heavy (non-hydrogen) atoms. The van der Waals surface area contributed by atoms with E-state index < -0.39 is 0 Å².